The van der Waals surface area contributed by atoms with Crippen molar-refractivity contribution in [2.75, 3.05) is 20.2 Å². The van der Waals surface area contributed by atoms with E-state index in [1.165, 1.54) is 0 Å². The SMILES string of the molecule is CC(C)CNS(=O)(=O)[C@H]1CON(C)[C@H]1c1ccccc1Cl. The lowest BCUT2D eigenvalue weighted by molar-refractivity contribution is -0.110. The zero-order chi connectivity index (χ0) is 15.6. The van der Waals surface area contributed by atoms with E-state index >= 15 is 0 Å². The fraction of sp³-hybridized carbons (Fsp3) is 0.571. The first kappa shape index (κ1) is 16.7. The third-order valence-electron chi connectivity index (χ3n) is 3.50. The highest BCUT2D eigenvalue weighted by Gasteiger charge is 2.43. The summed E-state index contributed by atoms with van der Waals surface area (Å²) in [5, 5.41) is 1.44. The van der Waals surface area contributed by atoms with Gasteiger partial charge in [-0.2, -0.15) is 5.06 Å². The quantitative estimate of drug-likeness (QED) is 0.898. The van der Waals surface area contributed by atoms with Gasteiger partial charge in [-0.15, -0.1) is 0 Å². The molecule has 0 amide bonds. The number of nitrogens with zero attached hydrogens (tertiary/aromatic N) is 1. The Morgan fingerprint density at radius 1 is 1.43 bits per heavy atom. The first-order chi connectivity index (χ1) is 9.83. The van der Waals surface area contributed by atoms with Crippen molar-refractivity contribution in [3.8, 4) is 0 Å². The Labute approximate surface area is 131 Å². The lowest BCUT2D eigenvalue weighted by atomic mass is 10.0. The van der Waals surface area contributed by atoms with Crippen LogP contribution in [-0.4, -0.2) is 38.9 Å². The molecular formula is C14H21ClN2O3S. The van der Waals surface area contributed by atoms with Crippen LogP contribution >= 0.6 is 11.6 Å². The van der Waals surface area contributed by atoms with Crippen LogP contribution in [0.15, 0.2) is 24.3 Å². The molecule has 1 aliphatic heterocycles. The van der Waals surface area contributed by atoms with Gasteiger partial charge in [-0.25, -0.2) is 13.1 Å². The molecule has 0 radical (unpaired) electrons. The second-order valence-electron chi connectivity index (χ2n) is 5.63. The van der Waals surface area contributed by atoms with Crippen molar-refractivity contribution in [3.05, 3.63) is 34.9 Å². The zero-order valence-corrected chi connectivity index (χ0v) is 14.0. The minimum atomic E-state index is -3.48. The largest absolute Gasteiger partial charge is 0.297 e. The molecule has 21 heavy (non-hydrogen) atoms. The summed E-state index contributed by atoms with van der Waals surface area (Å²) in [6.07, 6.45) is 0. The van der Waals surface area contributed by atoms with E-state index in [2.05, 4.69) is 4.72 Å². The summed E-state index contributed by atoms with van der Waals surface area (Å²) in [6, 6.07) is 6.85. The molecule has 1 aromatic rings. The molecule has 0 bridgehead atoms. The van der Waals surface area contributed by atoms with E-state index in [0.717, 1.165) is 5.56 Å². The van der Waals surface area contributed by atoms with Crippen LogP contribution in [0.2, 0.25) is 5.02 Å². The first-order valence-electron chi connectivity index (χ1n) is 6.91. The normalized spacial score (nSPS) is 23.9. The van der Waals surface area contributed by atoms with Crippen LogP contribution in [0, 0.1) is 5.92 Å². The van der Waals surface area contributed by atoms with Crippen molar-refractivity contribution >= 4 is 21.6 Å². The van der Waals surface area contributed by atoms with Crippen molar-refractivity contribution in [2.24, 2.45) is 5.92 Å². The number of hydrogen-bond acceptors (Lipinski definition) is 4. The van der Waals surface area contributed by atoms with Gasteiger partial charge in [0.05, 0.1) is 12.6 Å². The van der Waals surface area contributed by atoms with Gasteiger partial charge < -0.3 is 0 Å². The summed E-state index contributed by atoms with van der Waals surface area (Å²) in [6.45, 7) is 4.47. The summed E-state index contributed by atoms with van der Waals surface area (Å²) in [4.78, 5) is 5.44. The summed E-state index contributed by atoms with van der Waals surface area (Å²) in [5.74, 6) is 0.249. The third-order valence-corrected chi connectivity index (χ3v) is 5.61. The van der Waals surface area contributed by atoms with E-state index < -0.39 is 21.3 Å². The van der Waals surface area contributed by atoms with E-state index in [0.29, 0.717) is 11.6 Å². The topological polar surface area (TPSA) is 58.6 Å². The van der Waals surface area contributed by atoms with Crippen LogP contribution in [0.25, 0.3) is 0 Å². The van der Waals surface area contributed by atoms with Crippen LogP contribution in [0.3, 0.4) is 0 Å². The molecule has 0 saturated carbocycles. The van der Waals surface area contributed by atoms with Crippen LogP contribution in [0.1, 0.15) is 25.5 Å². The van der Waals surface area contributed by atoms with E-state index in [1.54, 1.807) is 18.2 Å². The minimum absolute atomic E-state index is 0.125. The van der Waals surface area contributed by atoms with Gasteiger partial charge in [0.2, 0.25) is 10.0 Å². The molecule has 0 unspecified atom stereocenters. The van der Waals surface area contributed by atoms with E-state index in [9.17, 15) is 8.42 Å². The van der Waals surface area contributed by atoms with Gasteiger partial charge in [0.1, 0.15) is 5.25 Å². The summed E-state index contributed by atoms with van der Waals surface area (Å²) in [5.41, 5.74) is 0.763. The third kappa shape index (κ3) is 3.76. The number of hydroxylamine groups is 2. The standard InChI is InChI=1S/C14H21ClN2O3S/c1-10(2)8-16-21(18,19)13-9-20-17(3)14(13)11-6-4-5-7-12(11)15/h4-7,10,13-14,16H,8-9H2,1-3H3/t13-,14-/m0/s1. The molecule has 2 rings (SSSR count). The maximum atomic E-state index is 12.5. The highest BCUT2D eigenvalue weighted by Crippen LogP contribution is 2.36. The second kappa shape index (κ2) is 6.62. The zero-order valence-electron chi connectivity index (χ0n) is 12.4. The molecular weight excluding hydrogens is 312 g/mol. The number of rotatable bonds is 5. The molecule has 1 N–H and O–H groups in total. The van der Waals surface area contributed by atoms with Crippen molar-refractivity contribution in [2.45, 2.75) is 25.1 Å². The molecule has 7 heteroatoms. The Morgan fingerprint density at radius 2 is 2.10 bits per heavy atom. The summed E-state index contributed by atoms with van der Waals surface area (Å²) >= 11 is 6.22. The molecule has 1 heterocycles. The lowest BCUT2D eigenvalue weighted by Gasteiger charge is -2.24. The van der Waals surface area contributed by atoms with Gasteiger partial charge in [-0.1, -0.05) is 43.6 Å². The Morgan fingerprint density at radius 3 is 2.71 bits per heavy atom. The molecule has 0 aromatic heterocycles. The van der Waals surface area contributed by atoms with E-state index in [1.807, 2.05) is 32.0 Å². The fourth-order valence-electron chi connectivity index (χ4n) is 2.36. The lowest BCUT2D eigenvalue weighted by Crippen LogP contribution is -2.40. The van der Waals surface area contributed by atoms with E-state index in [-0.39, 0.29) is 12.5 Å². The molecule has 1 aromatic carbocycles. The van der Waals surface area contributed by atoms with Gasteiger partial charge in [-0.05, 0) is 17.5 Å². The maximum absolute atomic E-state index is 12.5. The molecule has 1 aliphatic rings. The van der Waals surface area contributed by atoms with Crippen LogP contribution in [0.5, 0.6) is 0 Å². The highest BCUT2D eigenvalue weighted by atomic mass is 35.5. The molecule has 5 nitrogen and oxygen atoms in total. The van der Waals surface area contributed by atoms with Crippen LogP contribution in [0.4, 0.5) is 0 Å². The number of halogens is 1. The summed E-state index contributed by atoms with van der Waals surface area (Å²) in [7, 11) is -1.75. The van der Waals surface area contributed by atoms with E-state index in [4.69, 9.17) is 16.4 Å². The Balaban J connectivity index is 2.29. The average molecular weight is 333 g/mol. The highest BCUT2D eigenvalue weighted by molar-refractivity contribution is 7.90. The van der Waals surface area contributed by atoms with Crippen molar-refractivity contribution in [1.29, 1.82) is 0 Å². The predicted molar refractivity (Wildman–Crippen MR) is 83.5 cm³/mol. The van der Waals surface area contributed by atoms with Gasteiger partial charge in [0.25, 0.3) is 0 Å². The predicted octanol–water partition coefficient (Wildman–Crippen LogP) is 2.20. The molecule has 2 atom stereocenters. The smallest absolute Gasteiger partial charge is 0.218 e. The summed E-state index contributed by atoms with van der Waals surface area (Å²) < 4.78 is 27.7. The molecule has 0 aliphatic carbocycles. The van der Waals surface area contributed by atoms with Crippen molar-refractivity contribution < 1.29 is 13.3 Å². The first-order valence-corrected chi connectivity index (χ1v) is 8.84. The number of sulfonamides is 1. The van der Waals surface area contributed by atoms with Gasteiger partial charge in [0, 0.05) is 18.6 Å². The molecule has 0 spiro atoms. The van der Waals surface area contributed by atoms with Gasteiger partial charge >= 0.3 is 0 Å². The minimum Gasteiger partial charge on any atom is -0.297 e. The van der Waals surface area contributed by atoms with Gasteiger partial charge in [0.15, 0.2) is 0 Å². The number of hydrogen-bond donors (Lipinski definition) is 1. The average Bonchev–Trinajstić information content (AvgIpc) is 2.80. The van der Waals surface area contributed by atoms with Crippen LogP contribution < -0.4 is 4.72 Å². The molecule has 1 fully saturated rings. The number of benzene rings is 1. The monoisotopic (exact) mass is 332 g/mol. The Bertz CT molecular complexity index is 592. The van der Waals surface area contributed by atoms with Crippen LogP contribution in [-0.2, 0) is 14.9 Å². The van der Waals surface area contributed by atoms with Gasteiger partial charge in [-0.3, -0.25) is 4.84 Å². The van der Waals surface area contributed by atoms with Crippen molar-refractivity contribution in [1.82, 2.24) is 9.79 Å². The Hall–Kier alpha value is -0.660. The van der Waals surface area contributed by atoms with Crippen molar-refractivity contribution in [3.63, 3.8) is 0 Å². The molecule has 118 valence electrons. The Kier molecular flexibility index (Phi) is 5.27. The second-order valence-corrected chi connectivity index (χ2v) is 8.03. The maximum Gasteiger partial charge on any atom is 0.218 e. The number of nitrogens with one attached hydrogen (secondary N) is 1. The molecule has 1 saturated heterocycles. The fourth-order valence-corrected chi connectivity index (χ4v) is 4.28.